The van der Waals surface area contributed by atoms with Crippen molar-refractivity contribution in [3.63, 3.8) is 0 Å². The van der Waals surface area contributed by atoms with Crippen LogP contribution in [0.5, 0.6) is 0 Å². The Hall–Kier alpha value is -11.6. The fourth-order valence-corrected chi connectivity index (χ4v) is 8.27. The number of aromatic amines is 3. The van der Waals surface area contributed by atoms with Crippen molar-refractivity contribution in [3.05, 3.63) is 166 Å². The Labute approximate surface area is 500 Å². The number of H-pyrrole nitrogens is 3. The molecule has 16 heterocycles. The number of rotatable bonds is 0. The third-order valence-corrected chi connectivity index (χ3v) is 12.5. The van der Waals surface area contributed by atoms with Crippen molar-refractivity contribution in [1.29, 1.82) is 0 Å². The Kier molecular flexibility index (Phi) is 19.6. The molecule has 1 amide bonds. The number of aryl methyl sites for hydroxylation is 8. The van der Waals surface area contributed by atoms with Crippen molar-refractivity contribution in [2.75, 3.05) is 10.0 Å². The zero-order valence-corrected chi connectivity index (χ0v) is 49.4. The fraction of sp³-hybridized carbons (Fsp3) is 0.196. The summed E-state index contributed by atoms with van der Waals surface area (Å²) in [7, 11) is -3.42. The second kappa shape index (κ2) is 28.3. The summed E-state index contributed by atoms with van der Waals surface area (Å²) in [6, 6.07) is 5.74. The summed E-state index contributed by atoms with van der Waals surface area (Å²) in [5.41, 5.74) is 14.3. The molecule has 16 rings (SSSR count). The molecule has 0 saturated heterocycles. The minimum absolute atomic E-state index is 0.192. The number of imidazole rings is 2. The Morgan fingerprint density at radius 3 is 1.85 bits per heavy atom. The molecule has 14 aromatic heterocycles. The van der Waals surface area contributed by atoms with Crippen LogP contribution in [0.15, 0.2) is 104 Å². The topological polar surface area (TPSA) is 462 Å². The molecule has 88 heavy (non-hydrogen) atoms. The van der Waals surface area contributed by atoms with E-state index in [1.54, 1.807) is 79.7 Å². The number of hydrogen-bond donors (Lipinski definition) is 6. The van der Waals surface area contributed by atoms with Crippen molar-refractivity contribution >= 4 is 102 Å². The van der Waals surface area contributed by atoms with E-state index in [1.165, 1.54) is 6.33 Å². The number of carbonyl (C=O) groups excluding carboxylic acids is 1. The van der Waals surface area contributed by atoms with Gasteiger partial charge in [0.2, 0.25) is 11.3 Å². The third-order valence-electron chi connectivity index (χ3n) is 11.0. The summed E-state index contributed by atoms with van der Waals surface area (Å²) in [4.78, 5) is 110. The van der Waals surface area contributed by atoms with Gasteiger partial charge in [0, 0.05) is 54.8 Å². The normalized spacial score (nSPS) is 12.2. The van der Waals surface area contributed by atoms with Crippen LogP contribution in [-0.4, -0.2) is 148 Å². The van der Waals surface area contributed by atoms with E-state index >= 15 is 0 Å². The van der Waals surface area contributed by atoms with E-state index in [4.69, 9.17) is 4.74 Å². The molecule has 2 aliphatic rings. The average molecular weight is 1230 g/mol. The highest BCUT2D eigenvalue weighted by atomic mass is 32.2. The lowest BCUT2D eigenvalue weighted by Crippen LogP contribution is -2.35. The molecule has 2 aliphatic heterocycles. The summed E-state index contributed by atoms with van der Waals surface area (Å²) < 4.78 is 40.8. The minimum Gasteiger partial charge on any atom is -0.443 e. The number of aromatic nitrogens is 27. The van der Waals surface area contributed by atoms with E-state index in [0.717, 1.165) is 62.7 Å². The molecule has 14 aromatic rings. The van der Waals surface area contributed by atoms with Gasteiger partial charge in [-0.05, 0) is 73.6 Å². The van der Waals surface area contributed by atoms with Gasteiger partial charge in [0.15, 0.2) is 51.2 Å². The molecular weight excluding hydrogens is 1180 g/mol. The van der Waals surface area contributed by atoms with E-state index in [0.29, 0.717) is 79.7 Å². The Morgan fingerprint density at radius 1 is 0.500 bits per heavy atom. The Bertz CT molecular complexity index is 4640. The molecule has 446 valence electrons. The summed E-state index contributed by atoms with van der Waals surface area (Å²) in [6.45, 7) is 15.3. The van der Waals surface area contributed by atoms with Crippen molar-refractivity contribution < 1.29 is 17.9 Å². The smallest absolute Gasteiger partial charge is 0.413 e. The standard InChI is InChI=1S/C8H7N3.C7H6N4.C7H7N3O2.C6H8N4O2S.C6H6N4O.2C6H6N4.C5H4N4S/c1-6-2-3-7-8(11-6)10-5-4-9-7;1-5-4-10-6-7(11-5)9-3-2-8-6;1-4-2-8-5-3-12-7(11)10-6(5)9-4;1-4-2-7-5-3-8-13(11,12)10-6(5)9-4;1-3-2-7-4-5(8-3)10-6(11)9-4;1-4-2-7-5-6(10-4)9-3-8-5;1-5-2-3-10-6(9-5)7-4-8-10;1-3-2-6-4-5(7-3)9-10-8-4/h2-5H,1H3;2-4H,1H3;2H,3H2,1H3,(H,9,10,11);2,8H,3H2,1H3,(H,9,10);2H,1H3,(H2,7,8,9,10,11);2-3H,1H3,(H,7,8,9,10);2-4H,1H3;2H,1H3. The highest BCUT2D eigenvalue weighted by molar-refractivity contribution is 7.90. The van der Waals surface area contributed by atoms with Crippen LogP contribution in [0.4, 0.5) is 16.4 Å². The minimum atomic E-state index is -3.42. The maximum atomic E-state index is 11.0. The molecule has 0 saturated carbocycles. The van der Waals surface area contributed by atoms with Crippen LogP contribution in [0.25, 0.3) is 62.1 Å². The predicted octanol–water partition coefficient (Wildman–Crippen LogP) is 4.29. The second-order valence-electron chi connectivity index (χ2n) is 18.2. The lowest BCUT2D eigenvalue weighted by Gasteiger charge is -2.16. The molecule has 37 heteroatoms. The van der Waals surface area contributed by atoms with E-state index in [9.17, 15) is 18.0 Å². The quantitative estimate of drug-likeness (QED) is 0.123. The highest BCUT2D eigenvalue weighted by Crippen LogP contribution is 2.17. The van der Waals surface area contributed by atoms with Crippen molar-refractivity contribution in [2.45, 2.75) is 68.5 Å². The molecule has 0 radical (unpaired) electrons. The van der Waals surface area contributed by atoms with Gasteiger partial charge >= 0.3 is 22.0 Å². The van der Waals surface area contributed by atoms with Crippen LogP contribution in [0.2, 0.25) is 0 Å². The molecule has 0 atom stereocenters. The predicted molar refractivity (Wildman–Crippen MR) is 318 cm³/mol. The number of anilines is 2. The maximum Gasteiger partial charge on any atom is 0.413 e. The van der Waals surface area contributed by atoms with E-state index in [-0.39, 0.29) is 18.8 Å². The number of cyclic esters (lactones) is 1. The van der Waals surface area contributed by atoms with E-state index < -0.39 is 16.3 Å². The lowest BCUT2D eigenvalue weighted by atomic mass is 10.3. The molecule has 0 unspecified atom stereocenters. The molecular formula is C51H50N30O5S2. The lowest BCUT2D eigenvalue weighted by molar-refractivity contribution is 0.149. The number of nitrogens with zero attached hydrogens (tertiary/aromatic N) is 24. The van der Waals surface area contributed by atoms with Gasteiger partial charge < -0.3 is 9.72 Å². The number of hydrogen-bond acceptors (Lipinski definition) is 29. The van der Waals surface area contributed by atoms with Crippen LogP contribution < -0.4 is 20.5 Å². The number of carbonyl (C=O) groups is 1. The number of fused-ring (bicyclic) bond motifs is 8. The number of amides is 1. The monoisotopic (exact) mass is 1230 g/mol. The summed E-state index contributed by atoms with van der Waals surface area (Å²) in [5.74, 6) is 1.48. The van der Waals surface area contributed by atoms with Crippen molar-refractivity contribution in [1.82, 2.24) is 138 Å². The molecule has 0 aliphatic carbocycles. The summed E-state index contributed by atoms with van der Waals surface area (Å²) in [6.07, 6.45) is 20.9. The van der Waals surface area contributed by atoms with E-state index in [2.05, 4.69) is 143 Å². The van der Waals surface area contributed by atoms with Gasteiger partial charge in [0.05, 0.1) is 89.2 Å². The first-order valence-electron chi connectivity index (χ1n) is 25.8. The Morgan fingerprint density at radius 2 is 1.08 bits per heavy atom. The first kappa shape index (κ1) is 61.0. The van der Waals surface area contributed by atoms with Gasteiger partial charge in [-0.3, -0.25) is 35.0 Å². The van der Waals surface area contributed by atoms with Crippen LogP contribution in [0.1, 0.15) is 56.9 Å². The highest BCUT2D eigenvalue weighted by Gasteiger charge is 2.21. The Balaban J connectivity index is 0.000000120. The number of pyridine rings is 1. The van der Waals surface area contributed by atoms with Crippen LogP contribution in [-0.2, 0) is 28.1 Å². The fourth-order valence-electron chi connectivity index (χ4n) is 7.01. The molecule has 6 N–H and O–H groups in total. The average Bonchev–Trinajstić information content (AvgIpc) is 4.31. The SMILES string of the molecule is Cc1ccc2nccnc2n1.Cc1ccn2ncnc2n1.Cc1cnc2[nH]c(=O)[nH]c2n1.Cc1cnc2c(n1)NC(=O)OC2.Cc1cnc2c(n1)NS(=O)(=O)NC2.Cc1cnc2nc[nH]c2n1.Cc1cnc2nccnc2n1.Cc1cnc2nsnc2n1. The molecule has 35 nitrogen and oxygen atoms in total. The van der Waals surface area contributed by atoms with Crippen LogP contribution >= 0.6 is 11.7 Å². The van der Waals surface area contributed by atoms with E-state index in [1.807, 2.05) is 72.9 Å². The van der Waals surface area contributed by atoms with Crippen LogP contribution in [0, 0.1) is 55.4 Å². The maximum absolute atomic E-state index is 11.0. The second-order valence-corrected chi connectivity index (χ2v) is 20.2. The largest absolute Gasteiger partial charge is 0.443 e. The van der Waals surface area contributed by atoms with Gasteiger partial charge in [-0.15, -0.1) is 0 Å². The first-order valence-corrected chi connectivity index (χ1v) is 28.0. The summed E-state index contributed by atoms with van der Waals surface area (Å²) >= 11 is 1.14. The van der Waals surface area contributed by atoms with Crippen molar-refractivity contribution in [3.8, 4) is 0 Å². The first-order chi connectivity index (χ1) is 42.4. The zero-order chi connectivity index (χ0) is 62.2. The van der Waals surface area contributed by atoms with Gasteiger partial charge in [-0.1, -0.05) is 0 Å². The molecule has 0 bridgehead atoms. The number of nitrogens with one attached hydrogen (secondary N) is 6. The van der Waals surface area contributed by atoms with Gasteiger partial charge in [-0.25, -0.2) is 93.8 Å². The molecule has 0 spiro atoms. The molecule has 0 fully saturated rings. The third kappa shape index (κ3) is 17.3. The number of ether oxygens (including phenoxy) is 1. The molecule has 0 aromatic carbocycles. The summed E-state index contributed by atoms with van der Waals surface area (Å²) in [5, 5.41) is 6.37. The van der Waals surface area contributed by atoms with Gasteiger partial charge in [0.25, 0.3) is 5.78 Å². The van der Waals surface area contributed by atoms with Crippen molar-refractivity contribution in [2.24, 2.45) is 0 Å². The van der Waals surface area contributed by atoms with Crippen LogP contribution in [0.3, 0.4) is 0 Å². The zero-order valence-electron chi connectivity index (χ0n) is 47.7. The van der Waals surface area contributed by atoms with Gasteiger partial charge in [-0.2, -0.15) is 32.0 Å². The van der Waals surface area contributed by atoms with Gasteiger partial charge in [0.1, 0.15) is 24.1 Å².